The number of nitrogens with one attached hydrogen (secondary N) is 1. The zero-order chi connectivity index (χ0) is 19.3. The lowest BCUT2D eigenvalue weighted by molar-refractivity contribution is -0.385. The van der Waals surface area contributed by atoms with Crippen LogP contribution in [0.15, 0.2) is 36.4 Å². The monoisotopic (exact) mass is 378 g/mol. The van der Waals surface area contributed by atoms with Crippen LogP contribution in [0.1, 0.15) is 15.9 Å². The summed E-state index contributed by atoms with van der Waals surface area (Å²) in [7, 11) is 1.47. The molecule has 0 aliphatic carbocycles. The fourth-order valence-electron chi connectivity index (χ4n) is 2.14. The maximum Gasteiger partial charge on any atom is 0.338 e. The lowest BCUT2D eigenvalue weighted by Crippen LogP contribution is -2.21. The molecule has 9 heteroatoms. The van der Waals surface area contributed by atoms with Gasteiger partial charge in [0, 0.05) is 17.3 Å². The molecule has 0 aromatic heterocycles. The molecule has 26 heavy (non-hydrogen) atoms. The molecular weight excluding hydrogens is 364 g/mol. The predicted octanol–water partition coefficient (Wildman–Crippen LogP) is 3.36. The van der Waals surface area contributed by atoms with E-state index in [0.29, 0.717) is 22.0 Å². The normalized spacial score (nSPS) is 10.1. The van der Waals surface area contributed by atoms with Gasteiger partial charge in [-0.25, -0.2) is 4.79 Å². The van der Waals surface area contributed by atoms with Crippen LogP contribution >= 0.6 is 11.6 Å². The van der Waals surface area contributed by atoms with Gasteiger partial charge in [-0.2, -0.15) is 0 Å². The van der Waals surface area contributed by atoms with Crippen LogP contribution in [-0.4, -0.2) is 30.5 Å². The van der Waals surface area contributed by atoms with Crippen LogP contribution in [0.4, 0.5) is 11.4 Å². The highest BCUT2D eigenvalue weighted by molar-refractivity contribution is 6.32. The van der Waals surface area contributed by atoms with E-state index in [2.05, 4.69) is 5.32 Å². The molecule has 2 rings (SSSR count). The first-order valence-corrected chi connectivity index (χ1v) is 7.75. The number of amides is 1. The molecule has 136 valence electrons. The maximum atomic E-state index is 12.0. The summed E-state index contributed by atoms with van der Waals surface area (Å²) >= 11 is 5.96. The van der Waals surface area contributed by atoms with Gasteiger partial charge in [0.1, 0.15) is 5.75 Å². The van der Waals surface area contributed by atoms with Crippen molar-refractivity contribution < 1.29 is 24.0 Å². The second-order valence-corrected chi connectivity index (χ2v) is 5.64. The second kappa shape index (κ2) is 8.30. The first-order valence-electron chi connectivity index (χ1n) is 7.37. The number of carbonyl (C=O) groups excluding carboxylic acids is 2. The van der Waals surface area contributed by atoms with Gasteiger partial charge in [-0.15, -0.1) is 0 Å². The fraction of sp³-hybridized carbons (Fsp3) is 0.176. The number of nitro groups is 1. The predicted molar refractivity (Wildman–Crippen MR) is 94.7 cm³/mol. The first-order chi connectivity index (χ1) is 12.3. The number of benzene rings is 2. The molecule has 1 N–H and O–H groups in total. The van der Waals surface area contributed by atoms with E-state index in [4.69, 9.17) is 21.1 Å². The highest BCUT2D eigenvalue weighted by Crippen LogP contribution is 2.27. The Hall–Kier alpha value is -3.13. The lowest BCUT2D eigenvalue weighted by atomic mass is 10.1. The third-order valence-corrected chi connectivity index (χ3v) is 3.69. The number of esters is 1. The molecular formula is C17H15ClN2O6. The Balaban J connectivity index is 1.94. The number of halogens is 1. The largest absolute Gasteiger partial charge is 0.495 e. The summed E-state index contributed by atoms with van der Waals surface area (Å²) in [5.41, 5.74) is 0.758. The van der Waals surface area contributed by atoms with Crippen molar-refractivity contribution >= 4 is 34.9 Å². The molecule has 0 radical (unpaired) electrons. The van der Waals surface area contributed by atoms with E-state index >= 15 is 0 Å². The molecule has 2 aromatic carbocycles. The molecule has 0 saturated heterocycles. The average Bonchev–Trinajstić information content (AvgIpc) is 2.59. The average molecular weight is 379 g/mol. The number of aryl methyl sites for hydroxylation is 1. The number of hydrogen-bond acceptors (Lipinski definition) is 6. The maximum absolute atomic E-state index is 12.0. The summed E-state index contributed by atoms with van der Waals surface area (Å²) in [5.74, 6) is -0.853. The topological polar surface area (TPSA) is 108 Å². The molecule has 0 bridgehead atoms. The van der Waals surface area contributed by atoms with Crippen molar-refractivity contribution in [3.05, 3.63) is 62.7 Å². The quantitative estimate of drug-likeness (QED) is 0.469. The van der Waals surface area contributed by atoms with E-state index in [1.54, 1.807) is 12.1 Å². The summed E-state index contributed by atoms with van der Waals surface area (Å²) in [5, 5.41) is 13.6. The Morgan fingerprint density at radius 3 is 2.54 bits per heavy atom. The number of hydrogen-bond donors (Lipinski definition) is 1. The number of methoxy groups -OCH3 is 1. The summed E-state index contributed by atoms with van der Waals surface area (Å²) in [6.07, 6.45) is 0. The van der Waals surface area contributed by atoms with Crippen molar-refractivity contribution in [3.63, 3.8) is 0 Å². The minimum Gasteiger partial charge on any atom is -0.495 e. The van der Waals surface area contributed by atoms with Gasteiger partial charge in [0.15, 0.2) is 6.61 Å². The molecule has 1 amide bonds. The van der Waals surface area contributed by atoms with Crippen molar-refractivity contribution in [2.45, 2.75) is 6.92 Å². The Bertz CT molecular complexity index is 868. The van der Waals surface area contributed by atoms with E-state index in [1.165, 1.54) is 38.3 Å². The number of anilines is 1. The van der Waals surface area contributed by atoms with Crippen molar-refractivity contribution in [3.8, 4) is 5.75 Å². The molecule has 0 saturated carbocycles. The summed E-state index contributed by atoms with van der Waals surface area (Å²) in [4.78, 5) is 34.1. The zero-order valence-electron chi connectivity index (χ0n) is 13.9. The van der Waals surface area contributed by atoms with Gasteiger partial charge in [0.25, 0.3) is 11.6 Å². The van der Waals surface area contributed by atoms with Crippen molar-refractivity contribution in [2.24, 2.45) is 0 Å². The molecule has 2 aromatic rings. The molecule has 0 aliphatic heterocycles. The molecule has 0 spiro atoms. The van der Waals surface area contributed by atoms with Gasteiger partial charge in [-0.05, 0) is 37.3 Å². The van der Waals surface area contributed by atoms with Gasteiger partial charge in [-0.3, -0.25) is 14.9 Å². The SMILES string of the molecule is COc1ccc(NC(=O)COC(=O)c2ccc([N+](=O)[O-])c(C)c2)cc1Cl. The van der Waals surface area contributed by atoms with E-state index in [9.17, 15) is 19.7 Å². The van der Waals surface area contributed by atoms with Crippen LogP contribution in [0.25, 0.3) is 0 Å². The number of rotatable bonds is 6. The minimum atomic E-state index is -0.758. The molecule has 0 unspecified atom stereocenters. The van der Waals surface area contributed by atoms with E-state index in [-0.39, 0.29) is 11.3 Å². The minimum absolute atomic E-state index is 0.101. The summed E-state index contributed by atoms with van der Waals surface area (Å²) in [6, 6.07) is 8.50. The molecule has 0 atom stereocenters. The Kier molecular flexibility index (Phi) is 6.13. The highest BCUT2D eigenvalue weighted by Gasteiger charge is 2.16. The standard InChI is InChI=1S/C17H15ClN2O6/c1-10-7-11(3-5-14(10)20(23)24)17(22)26-9-16(21)19-12-4-6-15(25-2)13(18)8-12/h3-8H,9H2,1-2H3,(H,19,21). The van der Waals surface area contributed by atoms with Crippen molar-refractivity contribution in [1.82, 2.24) is 0 Å². The molecule has 0 aliphatic rings. The number of ether oxygens (including phenoxy) is 2. The molecule has 8 nitrogen and oxygen atoms in total. The molecule has 0 fully saturated rings. The zero-order valence-corrected chi connectivity index (χ0v) is 14.7. The lowest BCUT2D eigenvalue weighted by Gasteiger charge is -2.09. The van der Waals surface area contributed by atoms with E-state index in [0.717, 1.165) is 0 Å². The van der Waals surface area contributed by atoms with E-state index in [1.807, 2.05) is 0 Å². The summed E-state index contributed by atoms with van der Waals surface area (Å²) < 4.78 is 9.92. The van der Waals surface area contributed by atoms with Gasteiger partial charge in [-0.1, -0.05) is 11.6 Å². The van der Waals surface area contributed by atoms with Crippen LogP contribution < -0.4 is 10.1 Å². The van der Waals surface area contributed by atoms with E-state index < -0.39 is 23.4 Å². The number of carbonyl (C=O) groups is 2. The summed E-state index contributed by atoms with van der Waals surface area (Å²) in [6.45, 7) is 0.994. The van der Waals surface area contributed by atoms with Crippen LogP contribution in [0.3, 0.4) is 0 Å². The highest BCUT2D eigenvalue weighted by atomic mass is 35.5. The van der Waals surface area contributed by atoms with Crippen LogP contribution in [-0.2, 0) is 9.53 Å². The van der Waals surface area contributed by atoms with Gasteiger partial charge >= 0.3 is 5.97 Å². The smallest absolute Gasteiger partial charge is 0.338 e. The third kappa shape index (κ3) is 4.70. The molecule has 0 heterocycles. The van der Waals surface area contributed by atoms with Crippen molar-refractivity contribution in [2.75, 3.05) is 19.0 Å². The Morgan fingerprint density at radius 1 is 1.23 bits per heavy atom. The number of nitrogens with zero attached hydrogens (tertiary/aromatic N) is 1. The Morgan fingerprint density at radius 2 is 1.96 bits per heavy atom. The first kappa shape index (κ1) is 19.2. The van der Waals surface area contributed by atoms with Crippen molar-refractivity contribution in [1.29, 1.82) is 0 Å². The van der Waals surface area contributed by atoms with Gasteiger partial charge in [0.2, 0.25) is 0 Å². The second-order valence-electron chi connectivity index (χ2n) is 5.23. The Labute approximate surface area is 153 Å². The van der Waals surface area contributed by atoms with Gasteiger partial charge in [0.05, 0.1) is 22.6 Å². The number of nitro benzene ring substituents is 1. The van der Waals surface area contributed by atoms with Crippen LogP contribution in [0.5, 0.6) is 5.75 Å². The van der Waals surface area contributed by atoms with Crippen LogP contribution in [0.2, 0.25) is 5.02 Å². The van der Waals surface area contributed by atoms with Gasteiger partial charge < -0.3 is 14.8 Å². The van der Waals surface area contributed by atoms with Crippen LogP contribution in [0, 0.1) is 17.0 Å². The third-order valence-electron chi connectivity index (χ3n) is 3.40. The fourth-order valence-corrected chi connectivity index (χ4v) is 2.40.